The minimum atomic E-state index is -1.26. The van der Waals surface area contributed by atoms with Crippen LogP contribution in [0.4, 0.5) is 5.69 Å². The smallest absolute Gasteiger partial charge is 0.209 e. The van der Waals surface area contributed by atoms with Gasteiger partial charge in [-0.3, -0.25) is 0 Å². The topological polar surface area (TPSA) is 48.2 Å². The minimum absolute atomic E-state index is 0.696. The molecule has 1 aliphatic heterocycles. The van der Waals surface area contributed by atoms with Gasteiger partial charge < -0.3 is 5.11 Å². The van der Waals surface area contributed by atoms with E-state index in [4.69, 9.17) is 0 Å². The predicted molar refractivity (Wildman–Crippen MR) is 68.2 cm³/mol. The summed E-state index contributed by atoms with van der Waals surface area (Å²) in [5, 5.41) is 20.6. The molecular weight excluding hydrogens is 226 g/mol. The molecule has 3 rings (SSSR count). The fourth-order valence-electron chi connectivity index (χ4n) is 2.22. The van der Waals surface area contributed by atoms with Gasteiger partial charge in [0, 0.05) is 18.2 Å². The van der Waals surface area contributed by atoms with Crippen LogP contribution in [-0.4, -0.2) is 17.2 Å². The highest BCUT2D eigenvalue weighted by molar-refractivity contribution is 5.53. The Bertz CT molecular complexity index is 597. The van der Waals surface area contributed by atoms with Crippen molar-refractivity contribution in [1.29, 1.82) is 0 Å². The molecule has 1 N–H and O–H groups in total. The molecule has 0 unspecified atom stereocenters. The van der Waals surface area contributed by atoms with Crippen LogP contribution in [0.3, 0.4) is 0 Å². The molecule has 0 amide bonds. The van der Waals surface area contributed by atoms with Crippen molar-refractivity contribution in [3.05, 3.63) is 65.7 Å². The number of nitrogens with zero attached hydrogens (tertiary/aromatic N) is 3. The molecule has 4 heteroatoms. The van der Waals surface area contributed by atoms with Gasteiger partial charge >= 0.3 is 0 Å². The van der Waals surface area contributed by atoms with Crippen molar-refractivity contribution in [2.24, 2.45) is 10.3 Å². The minimum Gasteiger partial charge on any atom is -0.362 e. The first-order chi connectivity index (χ1) is 8.73. The van der Waals surface area contributed by atoms with Crippen LogP contribution in [0.5, 0.6) is 0 Å². The summed E-state index contributed by atoms with van der Waals surface area (Å²) in [6, 6.07) is 17.0. The number of fused-ring (bicyclic) bond motifs is 1. The summed E-state index contributed by atoms with van der Waals surface area (Å²) in [6.45, 7) is 0. The van der Waals surface area contributed by atoms with E-state index in [0.717, 1.165) is 11.1 Å². The summed E-state index contributed by atoms with van der Waals surface area (Å²) < 4.78 is 0. The molecular formula is C14H13N3O. The maximum Gasteiger partial charge on any atom is 0.209 e. The Morgan fingerprint density at radius 2 is 1.67 bits per heavy atom. The second kappa shape index (κ2) is 3.92. The number of hydrogen-bond donors (Lipinski definition) is 1. The zero-order valence-corrected chi connectivity index (χ0v) is 9.99. The fourth-order valence-corrected chi connectivity index (χ4v) is 2.22. The summed E-state index contributed by atoms with van der Waals surface area (Å²) in [7, 11) is 1.71. The van der Waals surface area contributed by atoms with Gasteiger partial charge in [-0.05, 0) is 6.07 Å². The van der Waals surface area contributed by atoms with Crippen LogP contribution in [0, 0.1) is 0 Å². The molecule has 2 aromatic rings. The Morgan fingerprint density at radius 1 is 1.00 bits per heavy atom. The maximum absolute atomic E-state index is 11.0. The monoisotopic (exact) mass is 239 g/mol. The van der Waals surface area contributed by atoms with Crippen LogP contribution in [0.15, 0.2) is 64.9 Å². The standard InChI is InChI=1S/C14H13N3O/c1-17-14(18,11-7-3-2-4-8-11)12-9-5-6-10-13(12)15-16-17/h2-10,18H,1H3/t14-/m0/s1. The van der Waals surface area contributed by atoms with E-state index in [1.165, 1.54) is 5.01 Å². The van der Waals surface area contributed by atoms with Crippen LogP contribution in [0.1, 0.15) is 11.1 Å². The quantitative estimate of drug-likeness (QED) is 0.831. The zero-order chi connectivity index (χ0) is 12.6. The van der Waals surface area contributed by atoms with Crippen LogP contribution >= 0.6 is 0 Å². The van der Waals surface area contributed by atoms with E-state index in [0.29, 0.717) is 5.69 Å². The van der Waals surface area contributed by atoms with Crippen LogP contribution in [-0.2, 0) is 5.72 Å². The molecule has 0 bridgehead atoms. The largest absolute Gasteiger partial charge is 0.362 e. The highest BCUT2D eigenvalue weighted by atomic mass is 16.3. The van der Waals surface area contributed by atoms with Gasteiger partial charge in [0.1, 0.15) is 0 Å². The molecule has 0 radical (unpaired) electrons. The maximum atomic E-state index is 11.0. The molecule has 1 heterocycles. The third-order valence-corrected chi connectivity index (χ3v) is 3.21. The number of benzene rings is 2. The van der Waals surface area contributed by atoms with Crippen LogP contribution < -0.4 is 0 Å². The Hall–Kier alpha value is -2.20. The highest BCUT2D eigenvalue weighted by Crippen LogP contribution is 2.41. The number of aliphatic hydroxyl groups is 1. The van der Waals surface area contributed by atoms with Crippen LogP contribution in [0.25, 0.3) is 0 Å². The predicted octanol–water partition coefficient (Wildman–Crippen LogP) is 2.82. The van der Waals surface area contributed by atoms with Crippen molar-refractivity contribution < 1.29 is 5.11 Å². The van der Waals surface area contributed by atoms with Gasteiger partial charge in [-0.15, -0.1) is 5.11 Å². The SMILES string of the molecule is CN1N=Nc2ccccc2[C@@]1(O)c1ccccc1. The first-order valence-electron chi connectivity index (χ1n) is 5.76. The third-order valence-electron chi connectivity index (χ3n) is 3.21. The molecule has 4 nitrogen and oxygen atoms in total. The summed E-state index contributed by atoms with van der Waals surface area (Å²) in [4.78, 5) is 0. The highest BCUT2D eigenvalue weighted by Gasteiger charge is 2.40. The van der Waals surface area contributed by atoms with E-state index in [1.807, 2.05) is 54.6 Å². The molecule has 0 fully saturated rings. The Labute approximate surface area is 105 Å². The summed E-state index contributed by atoms with van der Waals surface area (Å²) in [5.74, 6) is 0. The van der Waals surface area contributed by atoms with Gasteiger partial charge in [0.05, 0.1) is 5.69 Å². The second-order valence-corrected chi connectivity index (χ2v) is 4.27. The van der Waals surface area contributed by atoms with Crippen molar-refractivity contribution in [3.8, 4) is 0 Å². The third kappa shape index (κ3) is 1.43. The van der Waals surface area contributed by atoms with E-state index in [-0.39, 0.29) is 0 Å². The summed E-state index contributed by atoms with van der Waals surface area (Å²) >= 11 is 0. The average molecular weight is 239 g/mol. The van der Waals surface area contributed by atoms with Crippen molar-refractivity contribution in [1.82, 2.24) is 5.01 Å². The lowest BCUT2D eigenvalue weighted by atomic mass is 9.92. The number of rotatable bonds is 1. The average Bonchev–Trinajstić information content (AvgIpc) is 2.44. The van der Waals surface area contributed by atoms with E-state index < -0.39 is 5.72 Å². The Kier molecular flexibility index (Phi) is 2.38. The Morgan fingerprint density at radius 3 is 2.44 bits per heavy atom. The van der Waals surface area contributed by atoms with Crippen molar-refractivity contribution in [2.45, 2.75) is 5.72 Å². The molecule has 90 valence electrons. The van der Waals surface area contributed by atoms with E-state index in [9.17, 15) is 5.11 Å². The number of hydrogen-bond acceptors (Lipinski definition) is 4. The van der Waals surface area contributed by atoms with Crippen molar-refractivity contribution >= 4 is 5.69 Å². The lowest BCUT2D eigenvalue weighted by Crippen LogP contribution is -2.42. The fraction of sp³-hybridized carbons (Fsp3) is 0.143. The Balaban J connectivity index is 2.24. The van der Waals surface area contributed by atoms with Crippen LogP contribution in [0.2, 0.25) is 0 Å². The van der Waals surface area contributed by atoms with Gasteiger partial charge in [-0.2, -0.15) is 0 Å². The molecule has 1 atom stereocenters. The molecule has 18 heavy (non-hydrogen) atoms. The molecule has 0 aromatic heterocycles. The molecule has 0 spiro atoms. The molecule has 0 saturated carbocycles. The van der Waals surface area contributed by atoms with Gasteiger partial charge in [0.15, 0.2) is 0 Å². The van der Waals surface area contributed by atoms with E-state index in [2.05, 4.69) is 10.3 Å². The van der Waals surface area contributed by atoms with Crippen molar-refractivity contribution in [3.63, 3.8) is 0 Å². The van der Waals surface area contributed by atoms with E-state index in [1.54, 1.807) is 7.05 Å². The molecule has 0 aliphatic carbocycles. The van der Waals surface area contributed by atoms with Gasteiger partial charge in [0.2, 0.25) is 5.72 Å². The first kappa shape index (κ1) is 10.9. The molecule has 0 saturated heterocycles. The van der Waals surface area contributed by atoms with Gasteiger partial charge in [-0.25, -0.2) is 5.01 Å². The zero-order valence-electron chi connectivity index (χ0n) is 9.99. The lowest BCUT2D eigenvalue weighted by Gasteiger charge is -2.37. The van der Waals surface area contributed by atoms with Crippen molar-refractivity contribution in [2.75, 3.05) is 7.05 Å². The van der Waals surface area contributed by atoms with E-state index >= 15 is 0 Å². The first-order valence-corrected chi connectivity index (χ1v) is 5.76. The molecule has 1 aliphatic rings. The van der Waals surface area contributed by atoms with Gasteiger partial charge in [0.25, 0.3) is 0 Å². The molecule has 2 aromatic carbocycles. The second-order valence-electron chi connectivity index (χ2n) is 4.27. The summed E-state index contributed by atoms with van der Waals surface area (Å²) in [5.41, 5.74) is 0.953. The lowest BCUT2D eigenvalue weighted by molar-refractivity contribution is -0.0736. The summed E-state index contributed by atoms with van der Waals surface area (Å²) in [6.07, 6.45) is 0. The van der Waals surface area contributed by atoms with Gasteiger partial charge in [-0.1, -0.05) is 53.8 Å². The normalized spacial score (nSPS) is 21.8.